The Morgan fingerprint density at radius 1 is 1.05 bits per heavy atom. The molecule has 1 fully saturated rings. The molecule has 3 N–H and O–H groups in total. The van der Waals surface area contributed by atoms with Crippen LogP contribution in [0.15, 0.2) is 24.3 Å². The van der Waals surface area contributed by atoms with Gasteiger partial charge >= 0.3 is 5.97 Å². The summed E-state index contributed by atoms with van der Waals surface area (Å²) in [4.78, 5) is 41.5. The molecule has 4 rings (SSSR count). The largest absolute Gasteiger partial charge is 0.493 e. The number of nitrogens with zero attached hydrogens (tertiary/aromatic N) is 2. The van der Waals surface area contributed by atoms with Gasteiger partial charge in [0.05, 0.1) is 31.0 Å². The third-order valence-corrected chi connectivity index (χ3v) is 7.92. The van der Waals surface area contributed by atoms with Gasteiger partial charge in [0, 0.05) is 49.8 Å². The maximum Gasteiger partial charge on any atom is 0.303 e. The zero-order chi connectivity index (χ0) is 31.3. The number of amides is 1. The second-order valence-electron chi connectivity index (χ2n) is 12.2. The Morgan fingerprint density at radius 2 is 1.77 bits per heavy atom. The fourth-order valence-electron chi connectivity index (χ4n) is 5.67. The lowest BCUT2D eigenvalue weighted by Gasteiger charge is -2.34. The van der Waals surface area contributed by atoms with Crippen molar-refractivity contribution in [1.82, 2.24) is 10.2 Å². The molecule has 10 heteroatoms. The molecular weight excluding hydrogens is 548 g/mol. The number of benzene rings is 2. The molecule has 0 bridgehead atoms. The summed E-state index contributed by atoms with van der Waals surface area (Å²) < 4.78 is 12.0. The molecule has 0 spiro atoms. The van der Waals surface area contributed by atoms with Crippen LogP contribution in [0.5, 0.6) is 11.5 Å². The number of carboxylic acids is 1. The van der Waals surface area contributed by atoms with Gasteiger partial charge in [-0.25, -0.2) is 0 Å². The summed E-state index contributed by atoms with van der Waals surface area (Å²) in [5, 5.41) is 20.6. The predicted octanol–water partition coefficient (Wildman–Crippen LogP) is 5.00. The zero-order valence-corrected chi connectivity index (χ0v) is 26.0. The minimum absolute atomic E-state index is 0.00856. The first-order valence-electron chi connectivity index (χ1n) is 15.1. The lowest BCUT2D eigenvalue weighted by Crippen LogP contribution is -2.32. The van der Waals surface area contributed by atoms with Crippen molar-refractivity contribution in [2.75, 3.05) is 44.8 Å². The number of aliphatic carboxylic acids is 1. The van der Waals surface area contributed by atoms with Gasteiger partial charge in [-0.1, -0.05) is 20.8 Å². The van der Waals surface area contributed by atoms with Gasteiger partial charge in [-0.15, -0.1) is 0 Å². The van der Waals surface area contributed by atoms with Gasteiger partial charge in [0.25, 0.3) is 5.91 Å². The van der Waals surface area contributed by atoms with Crippen molar-refractivity contribution in [3.05, 3.63) is 52.1 Å². The van der Waals surface area contributed by atoms with Gasteiger partial charge < -0.3 is 29.7 Å². The molecule has 0 aromatic heterocycles. The molecule has 43 heavy (non-hydrogen) atoms. The summed E-state index contributed by atoms with van der Waals surface area (Å²) in [6.45, 7) is 10.8. The van der Waals surface area contributed by atoms with Gasteiger partial charge in [-0.05, 0) is 67.9 Å². The van der Waals surface area contributed by atoms with E-state index in [9.17, 15) is 14.4 Å². The van der Waals surface area contributed by atoms with Crippen LogP contribution < -0.4 is 19.7 Å². The predicted molar refractivity (Wildman–Crippen MR) is 166 cm³/mol. The number of nitrogens with one attached hydrogen (secondary N) is 2. The van der Waals surface area contributed by atoms with Gasteiger partial charge in [0.15, 0.2) is 5.78 Å². The van der Waals surface area contributed by atoms with Crippen LogP contribution in [-0.4, -0.2) is 73.4 Å². The molecule has 2 aromatic carbocycles. The first kappa shape index (κ1) is 31.8. The highest BCUT2D eigenvalue weighted by Crippen LogP contribution is 2.42. The quantitative estimate of drug-likeness (QED) is 0.232. The number of amidine groups is 1. The summed E-state index contributed by atoms with van der Waals surface area (Å²) >= 11 is 0. The number of Topliss-reactive ketones (excluding diaryl/α,β-unsaturated/α-hetero) is 1. The molecule has 232 valence electrons. The minimum Gasteiger partial charge on any atom is -0.493 e. The normalized spacial score (nSPS) is 14.9. The zero-order valence-electron chi connectivity index (χ0n) is 26.0. The van der Waals surface area contributed by atoms with Crippen LogP contribution in [0.25, 0.3) is 0 Å². The monoisotopic (exact) mass is 592 g/mol. The Balaban J connectivity index is 1.65. The van der Waals surface area contributed by atoms with Crippen LogP contribution in [0.3, 0.4) is 0 Å². The second kappa shape index (κ2) is 13.5. The number of anilines is 1. The van der Waals surface area contributed by atoms with Crippen molar-refractivity contribution >= 4 is 29.2 Å². The number of piperidine rings is 1. The third kappa shape index (κ3) is 7.29. The van der Waals surface area contributed by atoms with Crippen LogP contribution in [0, 0.1) is 5.41 Å². The number of ether oxygens (including phenoxy) is 2. The number of hydrogen-bond acceptors (Lipinski definition) is 7. The molecule has 0 radical (unpaired) electrons. The number of rotatable bonds is 12. The maximum absolute atomic E-state index is 13.9. The lowest BCUT2D eigenvalue weighted by atomic mass is 9.84. The first-order chi connectivity index (χ1) is 20.4. The average molecular weight is 593 g/mol. The number of carbonyl (C=O) groups is 3. The molecule has 10 nitrogen and oxygen atoms in total. The number of carbonyl (C=O) groups excluding carboxylic acids is 2. The number of fused-ring (bicyclic) bond motifs is 1. The highest BCUT2D eigenvalue weighted by molar-refractivity contribution is 6.08. The van der Waals surface area contributed by atoms with E-state index in [1.54, 1.807) is 24.1 Å². The highest BCUT2D eigenvalue weighted by atomic mass is 16.5. The van der Waals surface area contributed by atoms with Crippen LogP contribution in [0.1, 0.15) is 97.2 Å². The summed E-state index contributed by atoms with van der Waals surface area (Å²) in [5.41, 5.74) is 3.78. The van der Waals surface area contributed by atoms with Crippen LogP contribution in [-0.2, 0) is 16.8 Å². The molecule has 2 aromatic rings. The maximum atomic E-state index is 13.9. The van der Waals surface area contributed by atoms with E-state index < -0.39 is 5.97 Å². The van der Waals surface area contributed by atoms with Crippen molar-refractivity contribution in [2.45, 2.75) is 71.8 Å². The molecule has 2 aliphatic heterocycles. The summed E-state index contributed by atoms with van der Waals surface area (Å²) in [5.74, 6) is 0.103. The lowest BCUT2D eigenvalue weighted by molar-refractivity contribution is -0.137. The third-order valence-electron chi connectivity index (χ3n) is 7.92. The molecule has 0 unspecified atom stereocenters. The minimum atomic E-state index is -0.856. The Morgan fingerprint density at radius 3 is 2.40 bits per heavy atom. The van der Waals surface area contributed by atoms with E-state index in [-0.39, 0.29) is 42.5 Å². The number of carboxylic acid groups (broad SMARTS) is 1. The van der Waals surface area contributed by atoms with Crippen LogP contribution >= 0.6 is 0 Å². The summed E-state index contributed by atoms with van der Waals surface area (Å²) in [6, 6.07) is 7.27. The number of hydrogen-bond donors (Lipinski definition) is 3. The smallest absolute Gasteiger partial charge is 0.303 e. The second-order valence-corrected chi connectivity index (χ2v) is 12.2. The van der Waals surface area contributed by atoms with Gasteiger partial charge in [0.1, 0.15) is 17.3 Å². The number of ketones is 1. The SMILES string of the molecule is CCOc1cc2c(cc1C(=O)NC)C(=N)N(CC(=O)c1cc(N3CCCCC3)c(OCCCC(=O)O)c(C(C)(C)C)c1)C2. The molecular formula is C33H44N4O6. The van der Waals surface area contributed by atoms with E-state index >= 15 is 0 Å². The van der Waals surface area contributed by atoms with E-state index in [4.69, 9.17) is 20.0 Å². The van der Waals surface area contributed by atoms with E-state index in [2.05, 4.69) is 31.0 Å². The van der Waals surface area contributed by atoms with E-state index in [0.29, 0.717) is 47.8 Å². The summed E-state index contributed by atoms with van der Waals surface area (Å²) in [7, 11) is 1.55. The van der Waals surface area contributed by atoms with Gasteiger partial charge in [-0.3, -0.25) is 19.8 Å². The molecule has 0 atom stereocenters. The Labute approximate surface area is 253 Å². The van der Waals surface area contributed by atoms with Crippen molar-refractivity contribution in [3.63, 3.8) is 0 Å². The van der Waals surface area contributed by atoms with Crippen molar-refractivity contribution in [1.29, 1.82) is 5.41 Å². The molecule has 1 amide bonds. The van der Waals surface area contributed by atoms with E-state index in [1.165, 1.54) is 0 Å². The van der Waals surface area contributed by atoms with Gasteiger partial charge in [-0.2, -0.15) is 0 Å². The van der Waals surface area contributed by atoms with Crippen LogP contribution in [0.4, 0.5) is 5.69 Å². The summed E-state index contributed by atoms with van der Waals surface area (Å²) in [6.07, 6.45) is 3.67. The Bertz CT molecular complexity index is 1390. The molecule has 0 aliphatic carbocycles. The average Bonchev–Trinajstić information content (AvgIpc) is 3.27. The topological polar surface area (TPSA) is 132 Å². The fourth-order valence-corrected chi connectivity index (χ4v) is 5.67. The standard InChI is InChI=1S/C33H44N4O6/c1-6-42-28-17-22-19-37(31(34)23(22)18-24(28)32(41)35-5)20-27(38)21-15-25(33(2,3)4)30(43-14-10-11-29(39)40)26(16-21)36-12-8-7-9-13-36/h15-18,34H,6-14,19-20H2,1-5H3,(H,35,41)(H,39,40). The molecule has 2 heterocycles. The van der Waals surface area contributed by atoms with E-state index in [1.807, 2.05) is 19.1 Å². The van der Waals surface area contributed by atoms with Gasteiger partial charge in [0.2, 0.25) is 0 Å². The fraction of sp³-hybridized carbons (Fsp3) is 0.515. The molecule has 1 saturated heterocycles. The molecule has 2 aliphatic rings. The Kier molecular flexibility index (Phi) is 9.98. The first-order valence-corrected chi connectivity index (χ1v) is 15.1. The van der Waals surface area contributed by atoms with E-state index in [0.717, 1.165) is 49.2 Å². The van der Waals surface area contributed by atoms with Crippen molar-refractivity contribution in [2.24, 2.45) is 0 Å². The Hall–Kier alpha value is -4.08. The van der Waals surface area contributed by atoms with Crippen molar-refractivity contribution in [3.8, 4) is 11.5 Å². The highest BCUT2D eigenvalue weighted by Gasteiger charge is 2.31. The van der Waals surface area contributed by atoms with Crippen LogP contribution in [0.2, 0.25) is 0 Å². The van der Waals surface area contributed by atoms with Crippen molar-refractivity contribution < 1.29 is 29.0 Å². The molecule has 0 saturated carbocycles.